The molecule has 2 aromatic carbocycles. The lowest BCUT2D eigenvalue weighted by molar-refractivity contribution is -0.136. The zero-order chi connectivity index (χ0) is 17.5. The van der Waals surface area contributed by atoms with Crippen molar-refractivity contribution in [2.24, 2.45) is 0 Å². The third kappa shape index (κ3) is 5.37. The quantitative estimate of drug-likeness (QED) is 0.874. The first-order chi connectivity index (χ1) is 12.2. The average molecular weight is 342 g/mol. The molecule has 1 saturated heterocycles. The summed E-state index contributed by atoms with van der Waals surface area (Å²) >= 11 is 0. The molecule has 1 aliphatic heterocycles. The minimum Gasteiger partial charge on any atom is -0.373 e. The Morgan fingerprint density at radius 2 is 1.92 bits per heavy atom. The van der Waals surface area contributed by atoms with Crippen LogP contribution in [0.25, 0.3) is 0 Å². The molecule has 0 aromatic heterocycles. The number of rotatable bonds is 6. The van der Waals surface area contributed by atoms with Gasteiger partial charge in [-0.2, -0.15) is 0 Å². The fourth-order valence-electron chi connectivity index (χ4n) is 2.94. The first-order valence-corrected chi connectivity index (χ1v) is 8.64. The molecule has 0 spiro atoms. The molecule has 0 saturated carbocycles. The molecule has 1 heterocycles. The summed E-state index contributed by atoms with van der Waals surface area (Å²) in [7, 11) is 0. The van der Waals surface area contributed by atoms with Crippen molar-refractivity contribution in [3.8, 4) is 0 Å². The van der Waals surface area contributed by atoms with E-state index < -0.39 is 0 Å². The van der Waals surface area contributed by atoms with E-state index in [4.69, 9.17) is 4.74 Å². The number of hydrogen-bond acceptors (Lipinski definition) is 3. The molecule has 4 nitrogen and oxygen atoms in total. The van der Waals surface area contributed by atoms with E-state index in [9.17, 15) is 9.18 Å². The summed E-state index contributed by atoms with van der Waals surface area (Å²) in [5.41, 5.74) is 5.13. The predicted molar refractivity (Wildman–Crippen MR) is 93.8 cm³/mol. The number of amides is 1. The van der Waals surface area contributed by atoms with Crippen LogP contribution in [0.15, 0.2) is 54.6 Å². The zero-order valence-electron chi connectivity index (χ0n) is 14.2. The van der Waals surface area contributed by atoms with E-state index in [2.05, 4.69) is 5.43 Å². The van der Waals surface area contributed by atoms with Gasteiger partial charge >= 0.3 is 0 Å². The van der Waals surface area contributed by atoms with E-state index in [-0.39, 0.29) is 17.8 Å². The average Bonchev–Trinajstić information content (AvgIpc) is 2.80. The van der Waals surface area contributed by atoms with Gasteiger partial charge in [0.1, 0.15) is 5.82 Å². The van der Waals surface area contributed by atoms with Crippen molar-refractivity contribution in [3.63, 3.8) is 0 Å². The van der Waals surface area contributed by atoms with Gasteiger partial charge in [-0.1, -0.05) is 42.5 Å². The van der Waals surface area contributed by atoms with Gasteiger partial charge in [-0.15, -0.1) is 0 Å². The fraction of sp³-hybridized carbons (Fsp3) is 0.350. The van der Waals surface area contributed by atoms with E-state index in [0.717, 1.165) is 24.0 Å². The molecule has 25 heavy (non-hydrogen) atoms. The Morgan fingerprint density at radius 1 is 1.12 bits per heavy atom. The normalized spacial score (nSPS) is 18.2. The summed E-state index contributed by atoms with van der Waals surface area (Å²) in [5.74, 6) is -0.230. The molecule has 1 aliphatic rings. The van der Waals surface area contributed by atoms with Gasteiger partial charge in [0.05, 0.1) is 19.1 Å². The van der Waals surface area contributed by atoms with Crippen LogP contribution in [0.4, 0.5) is 4.39 Å². The highest BCUT2D eigenvalue weighted by molar-refractivity contribution is 5.76. The molecule has 1 N–H and O–H groups in total. The van der Waals surface area contributed by atoms with E-state index >= 15 is 0 Å². The van der Waals surface area contributed by atoms with Gasteiger partial charge in [-0.05, 0) is 36.1 Å². The number of nitrogens with one attached hydrogen (secondary N) is 1. The number of carbonyl (C=O) groups excluding carboxylic acids is 1. The second kappa shape index (κ2) is 8.74. The van der Waals surface area contributed by atoms with Gasteiger partial charge < -0.3 is 4.74 Å². The molecule has 1 atom stereocenters. The Bertz CT molecular complexity index is 693. The van der Waals surface area contributed by atoms with Crippen molar-refractivity contribution >= 4 is 5.91 Å². The summed E-state index contributed by atoms with van der Waals surface area (Å²) in [4.78, 5) is 12.4. The van der Waals surface area contributed by atoms with Crippen LogP contribution in [0.5, 0.6) is 0 Å². The first-order valence-electron chi connectivity index (χ1n) is 8.64. The lowest BCUT2D eigenvalue weighted by Gasteiger charge is -2.22. The molecule has 0 radical (unpaired) electrons. The molecule has 0 bridgehead atoms. The van der Waals surface area contributed by atoms with E-state index in [1.807, 2.05) is 36.4 Å². The SMILES string of the molecule is O=C1CC(OCc2cccc(F)c2)CCCN1NCc1ccccc1. The van der Waals surface area contributed by atoms with Crippen LogP contribution in [-0.4, -0.2) is 23.6 Å². The topological polar surface area (TPSA) is 41.6 Å². The number of nitrogens with zero attached hydrogens (tertiary/aromatic N) is 1. The molecule has 5 heteroatoms. The van der Waals surface area contributed by atoms with Crippen molar-refractivity contribution in [1.29, 1.82) is 0 Å². The third-order valence-corrected chi connectivity index (χ3v) is 4.30. The monoisotopic (exact) mass is 342 g/mol. The molecule has 1 fully saturated rings. The Morgan fingerprint density at radius 3 is 2.72 bits per heavy atom. The number of carbonyl (C=O) groups is 1. The van der Waals surface area contributed by atoms with Crippen LogP contribution in [-0.2, 0) is 22.7 Å². The number of hydrogen-bond donors (Lipinski definition) is 1. The van der Waals surface area contributed by atoms with Gasteiger partial charge in [0.25, 0.3) is 0 Å². The lowest BCUT2D eigenvalue weighted by Crippen LogP contribution is -2.42. The maximum atomic E-state index is 13.2. The maximum Gasteiger partial charge on any atom is 0.239 e. The van der Waals surface area contributed by atoms with Gasteiger partial charge in [-0.25, -0.2) is 9.82 Å². The number of benzene rings is 2. The highest BCUT2D eigenvalue weighted by atomic mass is 19.1. The third-order valence-electron chi connectivity index (χ3n) is 4.30. The van der Waals surface area contributed by atoms with Crippen LogP contribution in [0.1, 0.15) is 30.4 Å². The summed E-state index contributed by atoms with van der Waals surface area (Å²) in [5, 5.41) is 1.69. The summed E-state index contributed by atoms with van der Waals surface area (Å²) in [6.07, 6.45) is 1.92. The minimum atomic E-state index is -0.269. The molecule has 132 valence electrons. The largest absolute Gasteiger partial charge is 0.373 e. The van der Waals surface area contributed by atoms with Crippen molar-refractivity contribution in [3.05, 3.63) is 71.5 Å². The van der Waals surface area contributed by atoms with Gasteiger partial charge in [0.2, 0.25) is 5.91 Å². The van der Waals surface area contributed by atoms with E-state index in [1.165, 1.54) is 12.1 Å². The van der Waals surface area contributed by atoms with Gasteiger partial charge in [0, 0.05) is 13.1 Å². The second-order valence-electron chi connectivity index (χ2n) is 6.28. The first kappa shape index (κ1) is 17.6. The summed E-state index contributed by atoms with van der Waals surface area (Å²) in [6, 6.07) is 16.4. The molecular weight excluding hydrogens is 319 g/mol. The number of halogens is 1. The molecule has 3 rings (SSSR count). The fourth-order valence-corrected chi connectivity index (χ4v) is 2.94. The number of hydrazine groups is 1. The Kier molecular flexibility index (Phi) is 6.14. The smallest absolute Gasteiger partial charge is 0.239 e. The molecule has 1 unspecified atom stereocenters. The Labute approximate surface area is 147 Å². The van der Waals surface area contributed by atoms with Crippen molar-refractivity contribution in [2.75, 3.05) is 6.54 Å². The Hall–Kier alpha value is -2.24. The minimum absolute atomic E-state index is 0.0395. The number of ether oxygens (including phenoxy) is 1. The van der Waals surface area contributed by atoms with E-state index in [0.29, 0.717) is 26.1 Å². The maximum absolute atomic E-state index is 13.2. The zero-order valence-corrected chi connectivity index (χ0v) is 14.2. The van der Waals surface area contributed by atoms with Gasteiger partial charge in [-0.3, -0.25) is 9.80 Å². The highest BCUT2D eigenvalue weighted by Crippen LogP contribution is 2.17. The lowest BCUT2D eigenvalue weighted by atomic mass is 10.1. The molecule has 0 aliphatic carbocycles. The highest BCUT2D eigenvalue weighted by Gasteiger charge is 2.24. The van der Waals surface area contributed by atoms with Crippen LogP contribution in [0.2, 0.25) is 0 Å². The summed E-state index contributed by atoms with van der Waals surface area (Å²) < 4.78 is 19.1. The van der Waals surface area contributed by atoms with Crippen LogP contribution in [0, 0.1) is 5.82 Å². The van der Waals surface area contributed by atoms with Crippen LogP contribution >= 0.6 is 0 Å². The van der Waals surface area contributed by atoms with Crippen LogP contribution < -0.4 is 5.43 Å². The standard InChI is InChI=1S/C20H23FN2O2/c21-18-9-4-8-17(12-18)15-25-19-10-5-11-23(20(24)13-19)22-14-16-6-2-1-3-7-16/h1-4,6-9,12,19,22H,5,10-11,13-15H2. The van der Waals surface area contributed by atoms with Crippen LogP contribution in [0.3, 0.4) is 0 Å². The predicted octanol–water partition coefficient (Wildman–Crippen LogP) is 3.43. The second-order valence-corrected chi connectivity index (χ2v) is 6.28. The summed E-state index contributed by atoms with van der Waals surface area (Å²) in [6.45, 7) is 1.63. The van der Waals surface area contributed by atoms with Crippen molar-refractivity contribution in [1.82, 2.24) is 10.4 Å². The Balaban J connectivity index is 1.49. The van der Waals surface area contributed by atoms with Crippen molar-refractivity contribution in [2.45, 2.75) is 38.5 Å². The van der Waals surface area contributed by atoms with E-state index in [1.54, 1.807) is 11.1 Å². The van der Waals surface area contributed by atoms with Crippen molar-refractivity contribution < 1.29 is 13.9 Å². The van der Waals surface area contributed by atoms with Gasteiger partial charge in [0.15, 0.2) is 0 Å². The molecule has 2 aromatic rings. The molecular formula is C20H23FN2O2. The molecule has 1 amide bonds.